The molecule has 0 spiro atoms. The van der Waals surface area contributed by atoms with Crippen LogP contribution < -0.4 is 4.74 Å². The number of hydrogen-bond donors (Lipinski definition) is 1. The highest BCUT2D eigenvalue weighted by Crippen LogP contribution is 2.34. The third-order valence-electron chi connectivity index (χ3n) is 5.07. The summed E-state index contributed by atoms with van der Waals surface area (Å²) >= 11 is 6.43. The van der Waals surface area contributed by atoms with Gasteiger partial charge in [0.15, 0.2) is 21.3 Å². The lowest BCUT2D eigenvalue weighted by Gasteiger charge is -2.24. The number of ether oxygens (including phenoxy) is 1. The number of aromatic hydroxyl groups is 1. The summed E-state index contributed by atoms with van der Waals surface area (Å²) in [5.41, 5.74) is 0.670. The summed E-state index contributed by atoms with van der Waals surface area (Å²) in [6, 6.07) is 4.41. The minimum absolute atomic E-state index is 0.0000983. The maximum absolute atomic E-state index is 12.7. The standard InChI is InChI=1S/C19H22N2O6S3/c1-20(13-6-8-30(25,26)11-13)17(23)5-7-21-18(24)16(29-19(21)28)10-12-3-4-14(22)15(9-12)27-2/h3-4,9-10,13,22H,5-8,11H2,1-2H3/b16-10-. The van der Waals surface area contributed by atoms with Gasteiger partial charge in [0.2, 0.25) is 5.91 Å². The van der Waals surface area contributed by atoms with Crippen LogP contribution in [0.1, 0.15) is 18.4 Å². The van der Waals surface area contributed by atoms with Gasteiger partial charge >= 0.3 is 0 Å². The Hall–Kier alpha value is -2.11. The molecular formula is C19H22N2O6S3. The molecule has 2 fully saturated rings. The number of amides is 2. The number of benzene rings is 1. The van der Waals surface area contributed by atoms with Gasteiger partial charge < -0.3 is 14.7 Å². The second kappa shape index (κ2) is 8.94. The molecule has 0 aromatic heterocycles. The monoisotopic (exact) mass is 470 g/mol. The Kier molecular flexibility index (Phi) is 6.73. The van der Waals surface area contributed by atoms with E-state index in [-0.39, 0.29) is 48.1 Å². The molecule has 0 aliphatic carbocycles. The lowest BCUT2D eigenvalue weighted by atomic mass is 10.2. The quantitative estimate of drug-likeness (QED) is 0.494. The van der Waals surface area contributed by atoms with Crippen LogP contribution in [0.4, 0.5) is 0 Å². The SMILES string of the molecule is COc1cc(/C=C2\SC(=S)N(CCC(=O)N(C)C3CCS(=O)(=O)C3)C2=O)ccc1O. The largest absolute Gasteiger partial charge is 0.504 e. The van der Waals surface area contributed by atoms with Crippen molar-refractivity contribution in [1.82, 2.24) is 9.80 Å². The average Bonchev–Trinajstić information content (AvgIpc) is 3.19. The Morgan fingerprint density at radius 1 is 1.47 bits per heavy atom. The van der Waals surface area contributed by atoms with Crippen LogP contribution in [-0.2, 0) is 19.4 Å². The van der Waals surface area contributed by atoms with E-state index < -0.39 is 9.84 Å². The minimum Gasteiger partial charge on any atom is -0.504 e. The Morgan fingerprint density at radius 3 is 2.83 bits per heavy atom. The van der Waals surface area contributed by atoms with Gasteiger partial charge in [-0.3, -0.25) is 14.5 Å². The van der Waals surface area contributed by atoms with E-state index in [9.17, 15) is 23.1 Å². The fourth-order valence-corrected chi connectivity index (χ4v) is 6.38. The van der Waals surface area contributed by atoms with Crippen LogP contribution in [0.25, 0.3) is 6.08 Å². The first kappa shape index (κ1) is 22.6. The number of thioether (sulfide) groups is 1. The minimum atomic E-state index is -3.08. The van der Waals surface area contributed by atoms with Gasteiger partial charge in [-0.2, -0.15) is 0 Å². The van der Waals surface area contributed by atoms with Gasteiger partial charge in [-0.05, 0) is 30.2 Å². The number of phenols is 1. The van der Waals surface area contributed by atoms with Crippen molar-refractivity contribution >= 4 is 56.0 Å². The zero-order valence-corrected chi connectivity index (χ0v) is 19.0. The molecule has 3 rings (SSSR count). The normalized spacial score (nSPS) is 22.0. The zero-order chi connectivity index (χ0) is 22.1. The van der Waals surface area contributed by atoms with Crippen LogP contribution in [0.2, 0.25) is 0 Å². The van der Waals surface area contributed by atoms with E-state index in [1.165, 1.54) is 23.0 Å². The predicted molar refractivity (Wildman–Crippen MR) is 119 cm³/mol. The third-order valence-corrected chi connectivity index (χ3v) is 8.20. The Bertz CT molecular complexity index is 1020. The molecule has 11 heteroatoms. The van der Waals surface area contributed by atoms with E-state index in [4.69, 9.17) is 17.0 Å². The maximum atomic E-state index is 12.7. The van der Waals surface area contributed by atoms with Crippen LogP contribution >= 0.6 is 24.0 Å². The molecule has 0 radical (unpaired) electrons. The molecule has 0 bridgehead atoms. The predicted octanol–water partition coefficient (Wildman–Crippen LogP) is 1.64. The number of sulfone groups is 1. The molecule has 1 aromatic rings. The van der Waals surface area contributed by atoms with Crippen molar-refractivity contribution in [2.45, 2.75) is 18.9 Å². The molecule has 162 valence electrons. The van der Waals surface area contributed by atoms with E-state index in [2.05, 4.69) is 0 Å². The second-order valence-corrected chi connectivity index (χ2v) is 11.0. The summed E-state index contributed by atoms with van der Waals surface area (Å²) in [5, 5.41) is 9.69. The summed E-state index contributed by atoms with van der Waals surface area (Å²) in [6.45, 7) is 0.129. The lowest BCUT2D eigenvalue weighted by Crippen LogP contribution is -2.40. The van der Waals surface area contributed by atoms with Crippen LogP contribution in [0.5, 0.6) is 11.5 Å². The molecule has 0 saturated carbocycles. The average molecular weight is 471 g/mol. The van der Waals surface area contributed by atoms with Gasteiger partial charge in [0.25, 0.3) is 5.91 Å². The molecular weight excluding hydrogens is 448 g/mol. The van der Waals surface area contributed by atoms with Crippen molar-refractivity contribution in [1.29, 1.82) is 0 Å². The fourth-order valence-electron chi connectivity index (χ4n) is 3.30. The Balaban J connectivity index is 1.63. The van der Waals surface area contributed by atoms with Crippen LogP contribution in [0, 0.1) is 0 Å². The van der Waals surface area contributed by atoms with Crippen LogP contribution in [0.15, 0.2) is 23.1 Å². The summed E-state index contributed by atoms with van der Waals surface area (Å²) < 4.78 is 28.7. The molecule has 1 unspecified atom stereocenters. The summed E-state index contributed by atoms with van der Waals surface area (Å²) in [7, 11) is -0.0503. The lowest BCUT2D eigenvalue weighted by molar-refractivity contribution is -0.132. The first-order valence-corrected chi connectivity index (χ1v) is 12.2. The van der Waals surface area contributed by atoms with Gasteiger partial charge in [0.1, 0.15) is 4.32 Å². The third kappa shape index (κ3) is 4.96. The van der Waals surface area contributed by atoms with E-state index in [0.29, 0.717) is 27.0 Å². The number of phenolic OH excluding ortho intramolecular Hbond substituents is 1. The number of nitrogens with zero attached hydrogens (tertiary/aromatic N) is 2. The van der Waals surface area contributed by atoms with Crippen molar-refractivity contribution in [3.05, 3.63) is 28.7 Å². The Morgan fingerprint density at radius 2 is 2.20 bits per heavy atom. The fraction of sp³-hybridized carbons (Fsp3) is 0.421. The number of thiocarbonyl (C=S) groups is 1. The number of carbonyl (C=O) groups is 2. The molecule has 2 aliphatic rings. The molecule has 1 N–H and O–H groups in total. The van der Waals surface area contributed by atoms with Crippen molar-refractivity contribution in [2.75, 3.05) is 32.2 Å². The highest BCUT2D eigenvalue weighted by Gasteiger charge is 2.35. The van der Waals surface area contributed by atoms with E-state index in [1.807, 2.05) is 0 Å². The molecule has 8 nitrogen and oxygen atoms in total. The van der Waals surface area contributed by atoms with E-state index >= 15 is 0 Å². The van der Waals surface area contributed by atoms with Crippen LogP contribution in [0.3, 0.4) is 0 Å². The topological polar surface area (TPSA) is 104 Å². The van der Waals surface area contributed by atoms with Gasteiger partial charge in [-0.15, -0.1) is 0 Å². The molecule has 1 atom stereocenters. The highest BCUT2D eigenvalue weighted by molar-refractivity contribution is 8.26. The van der Waals surface area contributed by atoms with Gasteiger partial charge in [0, 0.05) is 26.1 Å². The Labute approximate surface area is 184 Å². The zero-order valence-electron chi connectivity index (χ0n) is 16.5. The molecule has 2 heterocycles. The molecule has 30 heavy (non-hydrogen) atoms. The number of hydrogen-bond acceptors (Lipinski definition) is 8. The second-order valence-electron chi connectivity index (χ2n) is 7.08. The summed E-state index contributed by atoms with van der Waals surface area (Å²) in [6.07, 6.45) is 2.14. The van der Waals surface area contributed by atoms with Gasteiger partial charge in [-0.25, -0.2) is 8.42 Å². The first-order valence-electron chi connectivity index (χ1n) is 9.20. The molecule has 2 amide bonds. The number of methoxy groups -OCH3 is 1. The summed E-state index contributed by atoms with van der Waals surface area (Å²) in [5.74, 6) is -0.151. The highest BCUT2D eigenvalue weighted by atomic mass is 32.2. The van der Waals surface area contributed by atoms with Crippen molar-refractivity contribution < 1.29 is 27.9 Å². The number of carbonyl (C=O) groups excluding carboxylic acids is 2. The van der Waals surface area contributed by atoms with Gasteiger partial charge in [-0.1, -0.05) is 30.0 Å². The number of rotatable bonds is 6. The van der Waals surface area contributed by atoms with Crippen molar-refractivity contribution in [2.24, 2.45) is 0 Å². The smallest absolute Gasteiger partial charge is 0.266 e. The van der Waals surface area contributed by atoms with Crippen LogP contribution in [-0.4, -0.2) is 77.7 Å². The van der Waals surface area contributed by atoms with Crippen molar-refractivity contribution in [3.63, 3.8) is 0 Å². The van der Waals surface area contributed by atoms with E-state index in [0.717, 1.165) is 11.8 Å². The first-order chi connectivity index (χ1) is 14.1. The summed E-state index contributed by atoms with van der Waals surface area (Å²) in [4.78, 5) is 28.5. The maximum Gasteiger partial charge on any atom is 0.266 e. The molecule has 2 aliphatic heterocycles. The van der Waals surface area contributed by atoms with E-state index in [1.54, 1.807) is 25.3 Å². The molecule has 1 aromatic carbocycles. The molecule has 2 saturated heterocycles. The van der Waals surface area contributed by atoms with Gasteiger partial charge in [0.05, 0.1) is 23.5 Å². The van der Waals surface area contributed by atoms with Crippen molar-refractivity contribution in [3.8, 4) is 11.5 Å².